The Hall–Kier alpha value is -2.32. The predicted molar refractivity (Wildman–Crippen MR) is 153 cm³/mol. The van der Waals surface area contributed by atoms with Crippen LogP contribution in [0.15, 0.2) is 30.3 Å². The van der Waals surface area contributed by atoms with Crippen molar-refractivity contribution < 1.29 is 24.2 Å². The van der Waals surface area contributed by atoms with Crippen LogP contribution in [0.3, 0.4) is 0 Å². The molecule has 5 atom stereocenters. The van der Waals surface area contributed by atoms with Crippen molar-refractivity contribution >= 4 is 35.1 Å². The molecular formula is C31H36Cl2N2O5. The molecule has 2 aliphatic heterocycles. The molecule has 40 heavy (non-hydrogen) atoms. The number of amides is 1. The number of halogens is 2. The number of likely N-dealkylation sites (tertiary alicyclic amines) is 1. The number of aliphatic hydroxyl groups is 1. The molecule has 2 fully saturated rings. The lowest BCUT2D eigenvalue weighted by molar-refractivity contribution is -0.198. The molecule has 4 aliphatic rings. The van der Waals surface area contributed by atoms with E-state index < -0.39 is 23.1 Å². The van der Waals surface area contributed by atoms with Gasteiger partial charge in [0.2, 0.25) is 5.91 Å². The molecule has 1 spiro atoms. The summed E-state index contributed by atoms with van der Waals surface area (Å²) in [7, 11) is 2.08. The van der Waals surface area contributed by atoms with Gasteiger partial charge in [0.05, 0.1) is 33.5 Å². The molecule has 1 saturated carbocycles. The van der Waals surface area contributed by atoms with E-state index in [4.69, 9.17) is 32.7 Å². The number of hydrogen-bond acceptors (Lipinski definition) is 6. The Kier molecular flexibility index (Phi) is 6.89. The first-order chi connectivity index (χ1) is 19.0. The van der Waals surface area contributed by atoms with Gasteiger partial charge in [0.15, 0.2) is 11.5 Å². The summed E-state index contributed by atoms with van der Waals surface area (Å²) in [5.41, 5.74) is 1.16. The average Bonchev–Trinajstić information content (AvgIpc) is 3.24. The minimum atomic E-state index is -1.02. The molecule has 2 heterocycles. The molecule has 1 saturated heterocycles. The lowest BCUT2D eigenvalue weighted by Crippen LogP contribution is -2.78. The number of esters is 1. The highest BCUT2D eigenvalue weighted by atomic mass is 35.5. The molecule has 2 aromatic rings. The zero-order chi connectivity index (χ0) is 28.6. The minimum Gasteiger partial charge on any atom is -0.483 e. The second-order valence-electron chi connectivity index (χ2n) is 12.4. The van der Waals surface area contributed by atoms with Crippen LogP contribution in [-0.4, -0.2) is 70.7 Å². The molecule has 1 N–H and O–H groups in total. The first-order valence-electron chi connectivity index (χ1n) is 14.1. The first kappa shape index (κ1) is 27.8. The number of ether oxygens (including phenoxy) is 2. The van der Waals surface area contributed by atoms with Gasteiger partial charge in [0, 0.05) is 25.1 Å². The summed E-state index contributed by atoms with van der Waals surface area (Å²) < 4.78 is 12.4. The highest BCUT2D eigenvalue weighted by Gasteiger charge is 2.73. The average molecular weight is 588 g/mol. The third kappa shape index (κ3) is 4.07. The molecule has 2 bridgehead atoms. The van der Waals surface area contributed by atoms with Gasteiger partial charge in [-0.3, -0.25) is 9.59 Å². The van der Waals surface area contributed by atoms with Crippen molar-refractivity contribution in [2.45, 2.75) is 82.1 Å². The number of likely N-dealkylation sites (N-methyl/N-ethyl adjacent to an activating group) is 1. The number of hydrogen-bond donors (Lipinski definition) is 1. The van der Waals surface area contributed by atoms with Gasteiger partial charge in [0.25, 0.3) is 0 Å². The summed E-state index contributed by atoms with van der Waals surface area (Å²) >= 11 is 12.4. The van der Waals surface area contributed by atoms with Crippen molar-refractivity contribution in [1.82, 2.24) is 9.80 Å². The van der Waals surface area contributed by atoms with Crippen LogP contribution in [0.2, 0.25) is 10.0 Å². The molecule has 0 aromatic heterocycles. The number of piperidine rings is 1. The van der Waals surface area contributed by atoms with E-state index in [9.17, 15) is 14.7 Å². The summed E-state index contributed by atoms with van der Waals surface area (Å²) in [6.07, 6.45) is 2.27. The fourth-order valence-corrected chi connectivity index (χ4v) is 8.33. The van der Waals surface area contributed by atoms with Gasteiger partial charge in [0.1, 0.15) is 6.10 Å². The van der Waals surface area contributed by atoms with Crippen molar-refractivity contribution in [1.29, 1.82) is 0 Å². The van der Waals surface area contributed by atoms with Gasteiger partial charge >= 0.3 is 5.97 Å². The summed E-state index contributed by atoms with van der Waals surface area (Å²) in [6, 6.07) is 8.80. The van der Waals surface area contributed by atoms with Crippen molar-refractivity contribution in [3.63, 3.8) is 0 Å². The third-order valence-electron chi connectivity index (χ3n) is 9.56. The van der Waals surface area contributed by atoms with Crippen LogP contribution in [0.5, 0.6) is 11.5 Å². The van der Waals surface area contributed by atoms with Crippen LogP contribution in [0.25, 0.3) is 0 Å². The Balaban J connectivity index is 1.44. The van der Waals surface area contributed by atoms with Gasteiger partial charge in [-0.25, -0.2) is 0 Å². The zero-order valence-electron chi connectivity index (χ0n) is 23.4. The Morgan fingerprint density at radius 3 is 2.67 bits per heavy atom. The van der Waals surface area contributed by atoms with Crippen LogP contribution >= 0.6 is 23.2 Å². The minimum absolute atomic E-state index is 0.0146. The third-order valence-corrected chi connectivity index (χ3v) is 10.3. The molecule has 9 heteroatoms. The highest BCUT2D eigenvalue weighted by molar-refractivity contribution is 6.42. The van der Waals surface area contributed by atoms with Gasteiger partial charge in [-0.15, -0.1) is 0 Å². The van der Waals surface area contributed by atoms with Crippen molar-refractivity contribution in [2.24, 2.45) is 5.92 Å². The molecule has 1 amide bonds. The van der Waals surface area contributed by atoms with Crippen LogP contribution in [0.1, 0.15) is 56.7 Å². The maximum absolute atomic E-state index is 14.0. The SMILES string of the molecule is CC(=O)Oc1ccc2c3c1OC1C(N(CC(C)C)C(=O)Cc4ccc(Cl)c(Cl)c4)CC[C@@]4(O)[C@@H](C2)N(C)CC[C@]314. The topological polar surface area (TPSA) is 79.3 Å². The Morgan fingerprint density at radius 1 is 1.20 bits per heavy atom. The Labute approximate surface area is 245 Å². The molecule has 2 aliphatic carbocycles. The number of carbonyl (C=O) groups excluding carboxylic acids is 2. The molecule has 6 rings (SSSR count). The van der Waals surface area contributed by atoms with E-state index in [1.165, 1.54) is 6.92 Å². The molecule has 7 nitrogen and oxygen atoms in total. The number of benzene rings is 2. The Bertz CT molecular complexity index is 1380. The zero-order valence-corrected chi connectivity index (χ0v) is 24.9. The van der Waals surface area contributed by atoms with E-state index in [2.05, 4.69) is 25.8 Å². The fourth-order valence-electron chi connectivity index (χ4n) is 8.01. The second-order valence-corrected chi connectivity index (χ2v) is 13.2. The van der Waals surface area contributed by atoms with Gasteiger partial charge in [-0.1, -0.05) is 49.2 Å². The maximum Gasteiger partial charge on any atom is 0.308 e. The fraction of sp³-hybridized carbons (Fsp3) is 0.548. The predicted octanol–water partition coefficient (Wildman–Crippen LogP) is 4.80. The second kappa shape index (κ2) is 9.90. The van der Waals surface area contributed by atoms with E-state index >= 15 is 0 Å². The van der Waals surface area contributed by atoms with E-state index in [0.29, 0.717) is 53.8 Å². The number of rotatable bonds is 6. The van der Waals surface area contributed by atoms with E-state index in [1.54, 1.807) is 18.2 Å². The molecule has 2 aromatic carbocycles. The van der Waals surface area contributed by atoms with Gasteiger partial charge < -0.3 is 24.4 Å². The van der Waals surface area contributed by atoms with Gasteiger partial charge in [-0.2, -0.15) is 0 Å². The molecular weight excluding hydrogens is 551 g/mol. The molecule has 0 radical (unpaired) electrons. The normalized spacial score (nSPS) is 30.1. The van der Waals surface area contributed by atoms with Crippen LogP contribution < -0.4 is 9.47 Å². The lowest BCUT2D eigenvalue weighted by Gasteiger charge is -2.64. The lowest BCUT2D eigenvalue weighted by atomic mass is 9.48. The molecule has 2 unspecified atom stereocenters. The van der Waals surface area contributed by atoms with Gasteiger partial charge in [-0.05, 0) is 74.5 Å². The summed E-state index contributed by atoms with van der Waals surface area (Å²) in [6.45, 7) is 6.94. The van der Waals surface area contributed by atoms with Crippen LogP contribution in [0.4, 0.5) is 0 Å². The summed E-state index contributed by atoms with van der Waals surface area (Å²) in [4.78, 5) is 30.3. The standard InChI is InChI=1S/C31H36Cl2N2O5/c1-17(2)16-35(26(37)14-19-5-7-21(32)22(33)13-19)23-9-10-31(38)25-15-20-6-8-24(39-18(3)36)28-27(20)30(31,29(23)40-28)11-12-34(25)4/h5-8,13,17,23,25,29,38H,9-12,14-16H2,1-4H3/t23?,25-,29?,30+,31-/m1/s1. The number of nitrogens with zero attached hydrogens (tertiary/aromatic N) is 2. The smallest absolute Gasteiger partial charge is 0.308 e. The highest BCUT2D eigenvalue weighted by Crippen LogP contribution is 2.65. The van der Waals surface area contributed by atoms with Crippen molar-refractivity contribution in [2.75, 3.05) is 20.1 Å². The van der Waals surface area contributed by atoms with E-state index in [0.717, 1.165) is 23.2 Å². The molecule has 214 valence electrons. The summed E-state index contributed by atoms with van der Waals surface area (Å²) in [5.74, 6) is 0.718. The van der Waals surface area contributed by atoms with E-state index in [-0.39, 0.29) is 30.3 Å². The Morgan fingerprint density at radius 2 is 1.98 bits per heavy atom. The summed E-state index contributed by atoms with van der Waals surface area (Å²) in [5, 5.41) is 13.5. The van der Waals surface area contributed by atoms with Crippen molar-refractivity contribution in [3.8, 4) is 11.5 Å². The maximum atomic E-state index is 14.0. The van der Waals surface area contributed by atoms with Crippen LogP contribution in [0, 0.1) is 5.92 Å². The number of carbonyl (C=O) groups is 2. The quantitative estimate of drug-likeness (QED) is 0.387. The van der Waals surface area contributed by atoms with Crippen molar-refractivity contribution in [3.05, 3.63) is 57.1 Å². The van der Waals surface area contributed by atoms with E-state index in [1.807, 2.05) is 17.0 Å². The van der Waals surface area contributed by atoms with Crippen LogP contribution in [-0.2, 0) is 27.8 Å². The monoisotopic (exact) mass is 586 g/mol. The largest absolute Gasteiger partial charge is 0.483 e. The first-order valence-corrected chi connectivity index (χ1v) is 14.9.